The fraction of sp³-hybridized carbons (Fsp3) is 0.471. The summed E-state index contributed by atoms with van der Waals surface area (Å²) in [6.45, 7) is -0.287. The van der Waals surface area contributed by atoms with Gasteiger partial charge in [0.1, 0.15) is 35.7 Å². The van der Waals surface area contributed by atoms with E-state index in [9.17, 15) is 44.1 Å². The quantitative estimate of drug-likeness (QED) is 0.0571. The summed E-state index contributed by atoms with van der Waals surface area (Å²) >= 11 is 0. The second-order valence-electron chi connectivity index (χ2n) is 11.9. The maximum Gasteiger partial charge on any atom is 0.326 e. The summed E-state index contributed by atoms with van der Waals surface area (Å²) in [6.07, 6.45) is 2.21. The number of phenols is 2. The van der Waals surface area contributed by atoms with E-state index in [-0.39, 0.29) is 37.2 Å². The highest BCUT2D eigenvalue weighted by Gasteiger charge is 2.30. The molecule has 5 amide bonds. The van der Waals surface area contributed by atoms with E-state index in [1.165, 1.54) is 24.3 Å². The highest BCUT2D eigenvalue weighted by molar-refractivity contribution is 5.95. The minimum absolute atomic E-state index is 0.0108. The van der Waals surface area contributed by atoms with Gasteiger partial charge in [0.25, 0.3) is 0 Å². The van der Waals surface area contributed by atoms with Gasteiger partial charge >= 0.3 is 5.97 Å². The number of nitrogens with one attached hydrogen (secondary N) is 5. The monoisotopic (exact) mass is 714 g/mol. The topological polar surface area (TPSA) is 301 Å². The molecule has 0 aliphatic carbocycles. The van der Waals surface area contributed by atoms with Crippen LogP contribution in [0.25, 0.3) is 0 Å². The van der Waals surface area contributed by atoms with E-state index in [4.69, 9.17) is 17.2 Å². The van der Waals surface area contributed by atoms with Crippen molar-refractivity contribution in [2.45, 2.75) is 75.5 Å². The minimum atomic E-state index is -1.27. The number of hydrogen-bond donors (Lipinski definition) is 11. The summed E-state index contributed by atoms with van der Waals surface area (Å²) in [5.41, 5.74) is 17.7. The van der Waals surface area contributed by atoms with Crippen molar-refractivity contribution in [3.63, 3.8) is 0 Å². The van der Waals surface area contributed by atoms with Crippen molar-refractivity contribution in [1.29, 1.82) is 0 Å². The van der Waals surface area contributed by atoms with Crippen molar-refractivity contribution in [1.82, 2.24) is 26.6 Å². The van der Waals surface area contributed by atoms with Gasteiger partial charge in [0, 0.05) is 12.8 Å². The molecule has 0 radical (unpaired) electrons. The number of hydrogen-bond acceptors (Lipinski definition) is 11. The molecule has 0 aliphatic rings. The summed E-state index contributed by atoms with van der Waals surface area (Å²) in [5, 5.41) is 41.5. The number of carboxylic acid groups (broad SMARTS) is 1. The Bertz CT molecular complexity index is 1440. The van der Waals surface area contributed by atoms with Crippen molar-refractivity contribution >= 4 is 35.5 Å². The molecule has 0 unspecified atom stereocenters. The van der Waals surface area contributed by atoms with Crippen LogP contribution in [0, 0.1) is 0 Å². The minimum Gasteiger partial charge on any atom is -0.508 e. The lowest BCUT2D eigenvalue weighted by Gasteiger charge is -2.26. The van der Waals surface area contributed by atoms with E-state index >= 15 is 0 Å². The number of carbonyl (C=O) groups is 6. The van der Waals surface area contributed by atoms with E-state index in [1.807, 2.05) is 0 Å². The molecular weight excluding hydrogens is 664 g/mol. The van der Waals surface area contributed by atoms with Gasteiger partial charge in [-0.15, -0.1) is 0 Å². The number of phenolic OH excluding ortho intramolecular Hbond substituents is 2. The second-order valence-corrected chi connectivity index (χ2v) is 11.9. The van der Waals surface area contributed by atoms with Crippen molar-refractivity contribution < 1.29 is 44.1 Å². The molecule has 17 nitrogen and oxygen atoms in total. The van der Waals surface area contributed by atoms with Crippen LogP contribution in [-0.4, -0.2) is 101 Å². The van der Waals surface area contributed by atoms with Gasteiger partial charge in [-0.05, 0) is 87.0 Å². The fourth-order valence-corrected chi connectivity index (χ4v) is 5.00. The molecule has 2 rings (SSSR count). The summed E-state index contributed by atoms with van der Waals surface area (Å²) in [4.78, 5) is 77.1. The number of benzene rings is 2. The Morgan fingerprint density at radius 1 is 0.549 bits per heavy atom. The second kappa shape index (κ2) is 22.5. The number of rotatable bonds is 23. The smallest absolute Gasteiger partial charge is 0.326 e. The van der Waals surface area contributed by atoms with Gasteiger partial charge in [0.05, 0.1) is 13.1 Å². The maximum absolute atomic E-state index is 13.7. The van der Waals surface area contributed by atoms with Crippen LogP contribution in [0.3, 0.4) is 0 Å². The summed E-state index contributed by atoms with van der Waals surface area (Å²) in [5.74, 6) is -4.82. The molecule has 0 aromatic heterocycles. The SMILES string of the molecule is NCCCC[C@H](NC(=O)CNC(=O)[C@H](Cc1ccc(O)cc1)NC(=O)[C@H](CCCCN)NC(=O)[C@H](Cc1ccc(O)cc1)NC(=O)CN)C(=O)O. The molecule has 2 aromatic carbocycles. The average Bonchev–Trinajstić information content (AvgIpc) is 3.10. The van der Waals surface area contributed by atoms with Crippen molar-refractivity contribution in [2.75, 3.05) is 26.2 Å². The zero-order valence-electron chi connectivity index (χ0n) is 28.4. The number of carboxylic acids is 1. The van der Waals surface area contributed by atoms with Gasteiger partial charge in [-0.2, -0.15) is 0 Å². The lowest BCUT2D eigenvalue weighted by atomic mass is 10.0. The van der Waals surface area contributed by atoms with E-state index in [2.05, 4.69) is 26.6 Å². The zero-order chi connectivity index (χ0) is 37.8. The van der Waals surface area contributed by atoms with E-state index in [1.54, 1.807) is 24.3 Å². The number of unbranched alkanes of at least 4 members (excludes halogenated alkanes) is 2. The van der Waals surface area contributed by atoms with Crippen LogP contribution in [0.15, 0.2) is 48.5 Å². The molecule has 0 saturated heterocycles. The first-order chi connectivity index (χ1) is 24.4. The normalized spacial score (nSPS) is 13.2. The van der Waals surface area contributed by atoms with Crippen LogP contribution in [0.5, 0.6) is 11.5 Å². The number of amides is 5. The van der Waals surface area contributed by atoms with Crippen molar-refractivity contribution in [3.05, 3.63) is 59.7 Å². The third kappa shape index (κ3) is 15.9. The summed E-state index contributed by atoms with van der Waals surface area (Å²) in [6, 6.07) is 7.12. The van der Waals surface area contributed by atoms with Gasteiger partial charge in [-0.3, -0.25) is 24.0 Å². The van der Waals surface area contributed by atoms with Gasteiger partial charge in [0.15, 0.2) is 0 Å². The number of aromatic hydroxyl groups is 2. The Labute approximate surface area is 296 Å². The highest BCUT2D eigenvalue weighted by atomic mass is 16.4. The molecule has 14 N–H and O–H groups in total. The fourth-order valence-electron chi connectivity index (χ4n) is 5.00. The van der Waals surface area contributed by atoms with Gasteiger partial charge < -0.3 is 59.1 Å². The Hall–Kier alpha value is -5.26. The van der Waals surface area contributed by atoms with Gasteiger partial charge in [-0.25, -0.2) is 4.79 Å². The number of carbonyl (C=O) groups excluding carboxylic acids is 5. The molecule has 2 aromatic rings. The average molecular weight is 715 g/mol. The predicted octanol–water partition coefficient (Wildman–Crippen LogP) is -1.76. The first-order valence-corrected chi connectivity index (χ1v) is 16.7. The van der Waals surface area contributed by atoms with E-state index in [0.29, 0.717) is 49.9 Å². The third-order valence-corrected chi connectivity index (χ3v) is 7.81. The Kier molecular flexibility index (Phi) is 18.5. The molecule has 0 saturated carbocycles. The standard InChI is InChI=1S/C34H50N8O9/c35-15-3-1-5-25(41-33(49)28(40-29(45)19-37)18-22-9-13-24(44)14-10-22)32(48)42-27(17-21-7-11-23(43)12-8-21)31(47)38-20-30(46)39-26(34(50)51)6-2-4-16-36/h7-14,25-28,43-44H,1-6,15-20,35-37H2,(H,38,47)(H,39,46)(H,40,45)(H,41,49)(H,42,48)(H,50,51)/t25-,26-,27-,28-/m0/s1. The Morgan fingerprint density at radius 2 is 0.980 bits per heavy atom. The summed E-state index contributed by atoms with van der Waals surface area (Å²) < 4.78 is 0. The van der Waals surface area contributed by atoms with Crippen LogP contribution in [0.2, 0.25) is 0 Å². The van der Waals surface area contributed by atoms with Crippen LogP contribution < -0.4 is 43.8 Å². The third-order valence-electron chi connectivity index (χ3n) is 7.81. The molecular formula is C34H50N8O9. The molecule has 0 fully saturated rings. The first-order valence-electron chi connectivity index (χ1n) is 16.7. The largest absolute Gasteiger partial charge is 0.508 e. The maximum atomic E-state index is 13.7. The molecule has 17 heteroatoms. The Morgan fingerprint density at radius 3 is 1.45 bits per heavy atom. The van der Waals surface area contributed by atoms with Crippen molar-refractivity contribution in [2.24, 2.45) is 17.2 Å². The Balaban J connectivity index is 2.25. The van der Waals surface area contributed by atoms with E-state index < -0.39 is 72.8 Å². The van der Waals surface area contributed by atoms with Crippen LogP contribution in [0.4, 0.5) is 0 Å². The van der Waals surface area contributed by atoms with Crippen molar-refractivity contribution in [3.8, 4) is 11.5 Å². The molecule has 51 heavy (non-hydrogen) atoms. The highest BCUT2D eigenvalue weighted by Crippen LogP contribution is 2.14. The molecule has 4 atom stereocenters. The molecule has 0 heterocycles. The van der Waals surface area contributed by atoms with Gasteiger partial charge in [0.2, 0.25) is 29.5 Å². The van der Waals surface area contributed by atoms with Crippen LogP contribution >= 0.6 is 0 Å². The predicted molar refractivity (Wildman–Crippen MR) is 187 cm³/mol. The summed E-state index contributed by atoms with van der Waals surface area (Å²) in [7, 11) is 0. The van der Waals surface area contributed by atoms with E-state index in [0.717, 1.165) is 0 Å². The molecule has 0 bridgehead atoms. The molecule has 0 spiro atoms. The van der Waals surface area contributed by atoms with Gasteiger partial charge in [-0.1, -0.05) is 24.3 Å². The first kappa shape index (κ1) is 41.9. The van der Waals surface area contributed by atoms with Crippen LogP contribution in [0.1, 0.15) is 49.7 Å². The molecule has 0 aliphatic heterocycles. The lowest BCUT2D eigenvalue weighted by molar-refractivity contribution is -0.142. The number of aliphatic carboxylic acids is 1. The van der Waals surface area contributed by atoms with Crippen LogP contribution in [-0.2, 0) is 41.6 Å². The zero-order valence-corrected chi connectivity index (χ0v) is 28.4. The number of nitrogens with two attached hydrogens (primary N) is 3. The lowest BCUT2D eigenvalue weighted by Crippen LogP contribution is -2.58. The molecule has 280 valence electrons.